The minimum atomic E-state index is -0.0852. The molecule has 0 aliphatic rings. The van der Waals surface area contributed by atoms with E-state index in [0.29, 0.717) is 5.82 Å². The molecule has 0 fully saturated rings. The van der Waals surface area contributed by atoms with Gasteiger partial charge in [0.1, 0.15) is 5.82 Å². The van der Waals surface area contributed by atoms with E-state index in [4.69, 9.17) is 0 Å². The van der Waals surface area contributed by atoms with E-state index in [1.807, 2.05) is 37.0 Å². The number of aromatic nitrogens is 4. The molecule has 0 saturated heterocycles. The van der Waals surface area contributed by atoms with Crippen LogP contribution in [0.5, 0.6) is 0 Å². The summed E-state index contributed by atoms with van der Waals surface area (Å²) in [6.07, 6.45) is 3.68. The second kappa shape index (κ2) is 7.17. The summed E-state index contributed by atoms with van der Waals surface area (Å²) in [7, 11) is 1.83. The van der Waals surface area contributed by atoms with Gasteiger partial charge in [-0.2, -0.15) is 10.2 Å². The van der Waals surface area contributed by atoms with Crippen LogP contribution < -0.4 is 10.6 Å². The van der Waals surface area contributed by atoms with Crippen molar-refractivity contribution in [2.75, 3.05) is 11.9 Å². The molecule has 0 saturated carbocycles. The van der Waals surface area contributed by atoms with E-state index in [9.17, 15) is 4.79 Å². The highest BCUT2D eigenvalue weighted by atomic mass is 16.2. The summed E-state index contributed by atoms with van der Waals surface area (Å²) in [4.78, 5) is 12.2. The van der Waals surface area contributed by atoms with E-state index in [1.165, 1.54) is 0 Å². The smallest absolute Gasteiger partial charge is 0.239 e. The lowest BCUT2D eigenvalue weighted by atomic mass is 9.92. The van der Waals surface area contributed by atoms with Crippen LogP contribution in [-0.4, -0.2) is 38.1 Å². The number of carbonyl (C=O) groups excluding carboxylic acids is 1. The predicted octanol–water partition coefficient (Wildman–Crippen LogP) is 2.09. The topological polar surface area (TPSA) is 76.8 Å². The molecule has 0 aromatic carbocycles. The first-order valence-corrected chi connectivity index (χ1v) is 8.25. The lowest BCUT2D eigenvalue weighted by Gasteiger charge is -2.21. The highest BCUT2D eigenvalue weighted by Crippen LogP contribution is 2.23. The Labute approximate surface area is 143 Å². The molecule has 0 unspecified atom stereocenters. The molecule has 2 atom stereocenters. The average Bonchev–Trinajstić information content (AvgIpc) is 3.14. The Morgan fingerprint density at radius 2 is 2.04 bits per heavy atom. The molecule has 24 heavy (non-hydrogen) atoms. The van der Waals surface area contributed by atoms with Crippen LogP contribution in [0.25, 0.3) is 0 Å². The van der Waals surface area contributed by atoms with Gasteiger partial charge >= 0.3 is 0 Å². The fourth-order valence-electron chi connectivity index (χ4n) is 2.31. The quantitative estimate of drug-likeness (QED) is 0.849. The predicted molar refractivity (Wildman–Crippen MR) is 94.9 cm³/mol. The van der Waals surface area contributed by atoms with Crippen molar-refractivity contribution < 1.29 is 4.79 Å². The Morgan fingerprint density at radius 1 is 1.33 bits per heavy atom. The van der Waals surface area contributed by atoms with Crippen LogP contribution in [0.2, 0.25) is 0 Å². The molecule has 132 valence electrons. The second-order valence-electron chi connectivity index (χ2n) is 7.23. The number of rotatable bonds is 6. The number of hydrogen-bond acceptors (Lipinski definition) is 4. The third-order valence-corrected chi connectivity index (χ3v) is 4.17. The molecule has 2 aromatic heterocycles. The molecular weight excluding hydrogens is 304 g/mol. The molecule has 7 heteroatoms. The van der Waals surface area contributed by atoms with Crippen LogP contribution in [-0.2, 0) is 17.3 Å². The standard InChI is InChI=1S/C17H28N6O/c1-12(13(2)23-9-7-8-19-23)18-11-16(24)20-15-10-14(17(3,4)5)21-22(15)6/h7-10,12-13,18H,11H2,1-6H3,(H,20,24)/t12-,13-/m0/s1. The van der Waals surface area contributed by atoms with Crippen molar-refractivity contribution in [3.05, 3.63) is 30.2 Å². The lowest BCUT2D eigenvalue weighted by molar-refractivity contribution is -0.115. The first-order valence-electron chi connectivity index (χ1n) is 8.25. The van der Waals surface area contributed by atoms with Gasteiger partial charge in [-0.05, 0) is 19.9 Å². The summed E-state index contributed by atoms with van der Waals surface area (Å²) in [6.45, 7) is 10.6. The second-order valence-corrected chi connectivity index (χ2v) is 7.23. The summed E-state index contributed by atoms with van der Waals surface area (Å²) in [5, 5.41) is 14.8. The fourth-order valence-corrected chi connectivity index (χ4v) is 2.31. The van der Waals surface area contributed by atoms with Gasteiger partial charge in [-0.1, -0.05) is 20.8 Å². The summed E-state index contributed by atoms with van der Waals surface area (Å²) >= 11 is 0. The minimum Gasteiger partial charge on any atom is -0.310 e. The monoisotopic (exact) mass is 332 g/mol. The first kappa shape index (κ1) is 18.2. The van der Waals surface area contributed by atoms with Gasteiger partial charge < -0.3 is 10.6 Å². The molecule has 0 radical (unpaired) electrons. The van der Waals surface area contributed by atoms with Gasteiger partial charge in [0.25, 0.3) is 0 Å². The maximum absolute atomic E-state index is 12.2. The van der Waals surface area contributed by atoms with Crippen molar-refractivity contribution in [1.82, 2.24) is 24.9 Å². The van der Waals surface area contributed by atoms with Crippen LogP contribution in [0, 0.1) is 0 Å². The van der Waals surface area contributed by atoms with E-state index in [2.05, 4.69) is 48.5 Å². The van der Waals surface area contributed by atoms with Crippen molar-refractivity contribution in [2.45, 2.75) is 52.1 Å². The maximum atomic E-state index is 12.2. The number of hydrogen-bond donors (Lipinski definition) is 2. The third-order valence-electron chi connectivity index (χ3n) is 4.17. The van der Waals surface area contributed by atoms with Crippen molar-refractivity contribution in [1.29, 1.82) is 0 Å². The number of amides is 1. The van der Waals surface area contributed by atoms with Crippen LogP contribution in [0.1, 0.15) is 46.4 Å². The number of carbonyl (C=O) groups is 1. The zero-order valence-electron chi connectivity index (χ0n) is 15.4. The van der Waals surface area contributed by atoms with Gasteiger partial charge in [0.2, 0.25) is 5.91 Å². The lowest BCUT2D eigenvalue weighted by Crippen LogP contribution is -2.39. The summed E-state index contributed by atoms with van der Waals surface area (Å²) in [5.41, 5.74) is 0.904. The summed E-state index contributed by atoms with van der Waals surface area (Å²) in [5.74, 6) is 0.623. The molecule has 2 N–H and O–H groups in total. The van der Waals surface area contributed by atoms with Crippen LogP contribution >= 0.6 is 0 Å². The van der Waals surface area contributed by atoms with Gasteiger partial charge in [0, 0.05) is 37.0 Å². The Balaban J connectivity index is 1.88. The number of nitrogens with one attached hydrogen (secondary N) is 2. The largest absolute Gasteiger partial charge is 0.310 e. The minimum absolute atomic E-state index is 0.0489. The molecule has 0 aliphatic carbocycles. The number of aryl methyl sites for hydroxylation is 1. The van der Waals surface area contributed by atoms with Gasteiger partial charge in [-0.25, -0.2) is 0 Å². The maximum Gasteiger partial charge on any atom is 0.239 e. The van der Waals surface area contributed by atoms with Gasteiger partial charge in [-0.3, -0.25) is 14.2 Å². The van der Waals surface area contributed by atoms with Gasteiger partial charge in [0.15, 0.2) is 0 Å². The van der Waals surface area contributed by atoms with E-state index < -0.39 is 0 Å². The highest BCUT2D eigenvalue weighted by Gasteiger charge is 2.20. The van der Waals surface area contributed by atoms with Gasteiger partial charge in [-0.15, -0.1) is 0 Å². The Bertz CT molecular complexity index is 668. The van der Waals surface area contributed by atoms with E-state index >= 15 is 0 Å². The molecule has 0 aliphatic heterocycles. The molecule has 1 amide bonds. The molecular formula is C17H28N6O. The molecule has 2 rings (SSSR count). The van der Waals surface area contributed by atoms with E-state index in [1.54, 1.807) is 10.9 Å². The summed E-state index contributed by atoms with van der Waals surface area (Å²) in [6, 6.07) is 4.10. The molecule has 0 bridgehead atoms. The molecule has 2 heterocycles. The SMILES string of the molecule is C[C@H](NCC(=O)Nc1cc(C(C)(C)C)nn1C)[C@H](C)n1cccn1. The Morgan fingerprint density at radius 3 is 2.58 bits per heavy atom. The average molecular weight is 332 g/mol. The van der Waals surface area contributed by atoms with Crippen molar-refractivity contribution >= 4 is 11.7 Å². The van der Waals surface area contributed by atoms with Gasteiger partial charge in [0.05, 0.1) is 18.3 Å². The first-order chi connectivity index (χ1) is 11.2. The normalized spacial score (nSPS) is 14.4. The van der Waals surface area contributed by atoms with Crippen molar-refractivity contribution in [3.8, 4) is 0 Å². The van der Waals surface area contributed by atoms with Crippen molar-refractivity contribution in [3.63, 3.8) is 0 Å². The van der Waals surface area contributed by atoms with Crippen LogP contribution in [0.15, 0.2) is 24.5 Å². The molecule has 7 nitrogen and oxygen atoms in total. The van der Waals surface area contributed by atoms with E-state index in [0.717, 1.165) is 5.69 Å². The van der Waals surface area contributed by atoms with Crippen LogP contribution in [0.3, 0.4) is 0 Å². The fraction of sp³-hybridized carbons (Fsp3) is 0.588. The zero-order valence-corrected chi connectivity index (χ0v) is 15.4. The van der Waals surface area contributed by atoms with E-state index in [-0.39, 0.29) is 30.0 Å². The molecule has 0 spiro atoms. The Hall–Kier alpha value is -2.15. The third kappa shape index (κ3) is 4.44. The van der Waals surface area contributed by atoms with Crippen molar-refractivity contribution in [2.24, 2.45) is 7.05 Å². The zero-order chi connectivity index (χ0) is 17.9. The number of nitrogens with zero attached hydrogens (tertiary/aromatic N) is 4. The highest BCUT2D eigenvalue weighted by molar-refractivity contribution is 5.91. The Kier molecular flexibility index (Phi) is 5.43. The number of anilines is 1. The van der Waals surface area contributed by atoms with Crippen LogP contribution in [0.4, 0.5) is 5.82 Å². The molecule has 2 aromatic rings. The summed E-state index contributed by atoms with van der Waals surface area (Å²) < 4.78 is 3.58.